The normalized spacial score (nSPS) is 12.0. The SMILES string of the molecule is CCNC(=NCCCc1nc(C(C)C)no1)NCCSC. The van der Waals surface area contributed by atoms with Crippen molar-refractivity contribution in [3.8, 4) is 0 Å². The van der Waals surface area contributed by atoms with E-state index in [0.717, 1.165) is 50.0 Å². The van der Waals surface area contributed by atoms with Gasteiger partial charge in [-0.05, 0) is 19.6 Å². The lowest BCUT2D eigenvalue weighted by molar-refractivity contribution is 0.369. The maximum Gasteiger partial charge on any atom is 0.226 e. The summed E-state index contributed by atoms with van der Waals surface area (Å²) in [5.41, 5.74) is 0. The van der Waals surface area contributed by atoms with Gasteiger partial charge >= 0.3 is 0 Å². The number of thioether (sulfide) groups is 1. The van der Waals surface area contributed by atoms with Crippen molar-refractivity contribution >= 4 is 17.7 Å². The highest BCUT2D eigenvalue weighted by molar-refractivity contribution is 7.98. The molecule has 0 bridgehead atoms. The van der Waals surface area contributed by atoms with Crippen LogP contribution in [0.1, 0.15) is 44.8 Å². The van der Waals surface area contributed by atoms with Crippen molar-refractivity contribution in [1.82, 2.24) is 20.8 Å². The molecule has 0 aliphatic heterocycles. The van der Waals surface area contributed by atoms with Crippen LogP contribution in [0.4, 0.5) is 0 Å². The van der Waals surface area contributed by atoms with Gasteiger partial charge in [0, 0.05) is 37.7 Å². The zero-order valence-corrected chi connectivity index (χ0v) is 14.3. The fraction of sp³-hybridized carbons (Fsp3) is 0.786. The fourth-order valence-corrected chi connectivity index (χ4v) is 1.94. The molecule has 0 aliphatic carbocycles. The predicted octanol–water partition coefficient (Wildman–Crippen LogP) is 2.04. The highest BCUT2D eigenvalue weighted by Gasteiger charge is 2.08. The lowest BCUT2D eigenvalue weighted by Gasteiger charge is -2.10. The lowest BCUT2D eigenvalue weighted by atomic mass is 10.2. The molecule has 21 heavy (non-hydrogen) atoms. The first kappa shape index (κ1) is 17.8. The Morgan fingerprint density at radius 2 is 2.19 bits per heavy atom. The largest absolute Gasteiger partial charge is 0.357 e. The van der Waals surface area contributed by atoms with Crippen molar-refractivity contribution in [1.29, 1.82) is 0 Å². The molecule has 120 valence electrons. The van der Waals surface area contributed by atoms with Crippen LogP contribution in [0, 0.1) is 0 Å². The Morgan fingerprint density at radius 3 is 2.81 bits per heavy atom. The molecular formula is C14H27N5OS. The van der Waals surface area contributed by atoms with Crippen molar-refractivity contribution in [3.63, 3.8) is 0 Å². The number of nitrogens with one attached hydrogen (secondary N) is 2. The Labute approximate surface area is 131 Å². The third kappa shape index (κ3) is 7.36. The maximum atomic E-state index is 5.22. The first-order valence-corrected chi connectivity index (χ1v) is 8.90. The summed E-state index contributed by atoms with van der Waals surface area (Å²) in [6.45, 7) is 8.72. The Hall–Kier alpha value is -1.24. The molecule has 1 aromatic heterocycles. The van der Waals surface area contributed by atoms with Gasteiger partial charge in [-0.1, -0.05) is 19.0 Å². The van der Waals surface area contributed by atoms with Gasteiger partial charge in [0.05, 0.1) is 0 Å². The average molecular weight is 313 g/mol. The number of aliphatic imine (C=N–C) groups is 1. The number of guanidine groups is 1. The molecule has 0 amide bonds. The summed E-state index contributed by atoms with van der Waals surface area (Å²) in [7, 11) is 0. The Balaban J connectivity index is 2.32. The molecule has 0 aliphatic rings. The third-order valence-electron chi connectivity index (χ3n) is 2.76. The van der Waals surface area contributed by atoms with E-state index in [2.05, 4.69) is 52.8 Å². The molecule has 0 saturated carbocycles. The number of rotatable bonds is 9. The highest BCUT2D eigenvalue weighted by Crippen LogP contribution is 2.10. The lowest BCUT2D eigenvalue weighted by Crippen LogP contribution is -2.38. The van der Waals surface area contributed by atoms with Crippen LogP contribution in [0.5, 0.6) is 0 Å². The highest BCUT2D eigenvalue weighted by atomic mass is 32.2. The molecular weight excluding hydrogens is 286 g/mol. The summed E-state index contributed by atoms with van der Waals surface area (Å²) >= 11 is 1.82. The van der Waals surface area contributed by atoms with Gasteiger partial charge < -0.3 is 15.2 Å². The molecule has 0 spiro atoms. The molecule has 0 unspecified atom stereocenters. The van der Waals surface area contributed by atoms with Gasteiger partial charge in [-0.15, -0.1) is 0 Å². The van der Waals surface area contributed by atoms with Crippen molar-refractivity contribution in [2.45, 2.75) is 39.5 Å². The first-order chi connectivity index (χ1) is 10.2. The third-order valence-corrected chi connectivity index (χ3v) is 3.37. The van der Waals surface area contributed by atoms with E-state index in [1.807, 2.05) is 11.8 Å². The Kier molecular flexibility index (Phi) is 8.89. The second kappa shape index (κ2) is 10.5. The Morgan fingerprint density at radius 1 is 1.38 bits per heavy atom. The van der Waals surface area contributed by atoms with Crippen LogP contribution in [0.3, 0.4) is 0 Å². The number of aryl methyl sites for hydroxylation is 1. The van der Waals surface area contributed by atoms with Gasteiger partial charge in [0.1, 0.15) is 0 Å². The van der Waals surface area contributed by atoms with Crippen LogP contribution in [-0.2, 0) is 6.42 Å². The van der Waals surface area contributed by atoms with Gasteiger partial charge in [-0.25, -0.2) is 0 Å². The summed E-state index contributed by atoms with van der Waals surface area (Å²) in [6.07, 6.45) is 3.77. The number of aromatic nitrogens is 2. The molecule has 1 heterocycles. The molecule has 0 atom stereocenters. The van der Waals surface area contributed by atoms with Crippen molar-refractivity contribution < 1.29 is 4.52 Å². The van der Waals surface area contributed by atoms with E-state index < -0.39 is 0 Å². The minimum Gasteiger partial charge on any atom is -0.357 e. The number of hydrogen-bond acceptors (Lipinski definition) is 5. The van der Waals surface area contributed by atoms with Gasteiger partial charge in [0.2, 0.25) is 5.89 Å². The standard InChI is InChI=1S/C14H27N5OS/c1-5-15-14(17-9-10-21-4)16-8-6-7-12-18-13(11(2)3)19-20-12/h11H,5-10H2,1-4H3,(H2,15,16,17). The topological polar surface area (TPSA) is 75.3 Å². The Bertz CT molecular complexity index is 419. The minimum atomic E-state index is 0.307. The first-order valence-electron chi connectivity index (χ1n) is 7.51. The second-order valence-electron chi connectivity index (χ2n) is 4.98. The van der Waals surface area contributed by atoms with Gasteiger partial charge in [-0.2, -0.15) is 16.7 Å². The minimum absolute atomic E-state index is 0.307. The van der Waals surface area contributed by atoms with E-state index in [1.165, 1.54) is 0 Å². The fourth-order valence-electron chi connectivity index (χ4n) is 1.64. The monoisotopic (exact) mass is 313 g/mol. The van der Waals surface area contributed by atoms with E-state index >= 15 is 0 Å². The zero-order chi connectivity index (χ0) is 15.5. The van der Waals surface area contributed by atoms with Gasteiger partial charge in [0.15, 0.2) is 11.8 Å². The summed E-state index contributed by atoms with van der Waals surface area (Å²) in [4.78, 5) is 8.90. The van der Waals surface area contributed by atoms with E-state index in [4.69, 9.17) is 4.52 Å². The summed E-state index contributed by atoms with van der Waals surface area (Å²) in [5, 5.41) is 10.5. The molecule has 0 fully saturated rings. The van der Waals surface area contributed by atoms with Crippen LogP contribution in [0.15, 0.2) is 9.52 Å². The van der Waals surface area contributed by atoms with E-state index in [1.54, 1.807) is 0 Å². The molecule has 7 heteroatoms. The molecule has 6 nitrogen and oxygen atoms in total. The summed E-state index contributed by atoms with van der Waals surface area (Å²) in [6, 6.07) is 0. The maximum absolute atomic E-state index is 5.22. The van der Waals surface area contributed by atoms with Crippen LogP contribution < -0.4 is 10.6 Å². The zero-order valence-electron chi connectivity index (χ0n) is 13.5. The van der Waals surface area contributed by atoms with E-state index in [0.29, 0.717) is 11.8 Å². The smallest absolute Gasteiger partial charge is 0.226 e. The predicted molar refractivity (Wildman–Crippen MR) is 89.1 cm³/mol. The molecule has 1 aromatic rings. The number of hydrogen-bond donors (Lipinski definition) is 2. The quantitative estimate of drug-likeness (QED) is 0.413. The van der Waals surface area contributed by atoms with Crippen molar-refractivity contribution in [2.75, 3.05) is 31.6 Å². The summed E-state index contributed by atoms with van der Waals surface area (Å²) in [5.74, 6) is 3.74. The van der Waals surface area contributed by atoms with E-state index in [-0.39, 0.29) is 0 Å². The van der Waals surface area contributed by atoms with Crippen LogP contribution in [-0.4, -0.2) is 47.7 Å². The molecule has 1 rings (SSSR count). The molecule has 0 saturated heterocycles. The average Bonchev–Trinajstić information content (AvgIpc) is 2.93. The van der Waals surface area contributed by atoms with Crippen molar-refractivity contribution in [2.24, 2.45) is 4.99 Å². The molecule has 0 radical (unpaired) electrons. The van der Waals surface area contributed by atoms with E-state index in [9.17, 15) is 0 Å². The molecule has 0 aromatic carbocycles. The van der Waals surface area contributed by atoms with Crippen LogP contribution in [0.25, 0.3) is 0 Å². The van der Waals surface area contributed by atoms with Gasteiger partial charge in [-0.3, -0.25) is 4.99 Å². The van der Waals surface area contributed by atoms with Crippen LogP contribution >= 0.6 is 11.8 Å². The number of nitrogens with zero attached hydrogens (tertiary/aromatic N) is 3. The molecule has 2 N–H and O–H groups in total. The van der Waals surface area contributed by atoms with Gasteiger partial charge in [0.25, 0.3) is 0 Å². The second-order valence-corrected chi connectivity index (χ2v) is 5.97. The summed E-state index contributed by atoms with van der Waals surface area (Å²) < 4.78 is 5.22. The van der Waals surface area contributed by atoms with Crippen LogP contribution in [0.2, 0.25) is 0 Å². The van der Waals surface area contributed by atoms with Crippen molar-refractivity contribution in [3.05, 3.63) is 11.7 Å².